The molecule has 1 atom stereocenters. The molecule has 164 valence electrons. The Morgan fingerprint density at radius 3 is 2.56 bits per heavy atom. The minimum atomic E-state index is -0.406. The van der Waals surface area contributed by atoms with Gasteiger partial charge in [-0.25, -0.2) is 0 Å². The van der Waals surface area contributed by atoms with Crippen molar-refractivity contribution in [3.63, 3.8) is 0 Å². The fourth-order valence-electron chi connectivity index (χ4n) is 4.64. The monoisotopic (exact) mass is 428 g/mol. The van der Waals surface area contributed by atoms with Crippen LogP contribution in [0.4, 0.5) is 0 Å². The summed E-state index contributed by atoms with van der Waals surface area (Å²) < 4.78 is 11.6. The second-order valence-corrected chi connectivity index (χ2v) is 9.23. The first kappa shape index (κ1) is 21.7. The number of rotatable bonds is 5. The summed E-state index contributed by atoms with van der Waals surface area (Å²) in [6, 6.07) is 17.9. The number of methoxy groups -OCH3 is 1. The number of nitriles is 1. The summed E-state index contributed by atoms with van der Waals surface area (Å²) in [6.07, 6.45) is 1.24. The maximum atomic E-state index is 13.2. The number of dihydropyridines is 1. The lowest BCUT2D eigenvalue weighted by Gasteiger charge is -2.38. The molecular formula is C27H28N2O3. The van der Waals surface area contributed by atoms with Crippen LogP contribution in [0.3, 0.4) is 0 Å². The standard InChI is InChI=1S/C27H28N2O3/c1-17-20(15-28)25(26-21(29-17)13-27(2,3)14-22(26)30)19-10-11-23(24(12-19)31-4)32-16-18-8-6-5-7-9-18/h5-12,25,29H,13-14,16H2,1-4H3/t25-/m1/s1. The van der Waals surface area contributed by atoms with Crippen LogP contribution in [0.5, 0.6) is 11.5 Å². The van der Waals surface area contributed by atoms with Gasteiger partial charge in [0.2, 0.25) is 0 Å². The Hall–Kier alpha value is -3.52. The molecule has 1 aliphatic heterocycles. The van der Waals surface area contributed by atoms with Gasteiger partial charge in [0.05, 0.1) is 24.7 Å². The van der Waals surface area contributed by atoms with Gasteiger partial charge >= 0.3 is 0 Å². The van der Waals surface area contributed by atoms with Crippen LogP contribution in [0.1, 0.15) is 50.7 Å². The third-order valence-electron chi connectivity index (χ3n) is 6.12. The molecule has 1 N–H and O–H groups in total. The van der Waals surface area contributed by atoms with E-state index >= 15 is 0 Å². The maximum Gasteiger partial charge on any atom is 0.162 e. The number of carbonyl (C=O) groups is 1. The highest BCUT2D eigenvalue weighted by Crippen LogP contribution is 2.47. The number of nitrogens with one attached hydrogen (secondary N) is 1. The van der Waals surface area contributed by atoms with Crippen LogP contribution in [0.15, 0.2) is 71.1 Å². The molecule has 1 heterocycles. The Bertz CT molecular complexity index is 1150. The van der Waals surface area contributed by atoms with Gasteiger partial charge in [0.1, 0.15) is 6.61 Å². The van der Waals surface area contributed by atoms with Crippen LogP contribution in [0.2, 0.25) is 0 Å². The van der Waals surface area contributed by atoms with Gasteiger partial charge in [0.15, 0.2) is 17.3 Å². The molecule has 0 spiro atoms. The maximum absolute atomic E-state index is 13.2. The quantitative estimate of drug-likeness (QED) is 0.690. The number of Topliss-reactive ketones (excluding diaryl/α,β-unsaturated/α-hetero) is 1. The molecule has 0 fully saturated rings. The molecule has 0 bridgehead atoms. The van der Waals surface area contributed by atoms with E-state index in [1.54, 1.807) is 7.11 Å². The van der Waals surface area contributed by atoms with E-state index in [0.717, 1.165) is 28.9 Å². The van der Waals surface area contributed by atoms with E-state index in [-0.39, 0.29) is 11.2 Å². The third-order valence-corrected chi connectivity index (χ3v) is 6.12. The zero-order valence-corrected chi connectivity index (χ0v) is 19.0. The van der Waals surface area contributed by atoms with E-state index in [1.165, 1.54) is 0 Å². The highest BCUT2D eigenvalue weighted by Gasteiger charge is 2.41. The van der Waals surface area contributed by atoms with Crippen LogP contribution in [-0.2, 0) is 11.4 Å². The lowest BCUT2D eigenvalue weighted by molar-refractivity contribution is -0.118. The van der Waals surface area contributed by atoms with Crippen molar-refractivity contribution < 1.29 is 14.3 Å². The first-order chi connectivity index (χ1) is 15.3. The predicted octanol–water partition coefficient (Wildman–Crippen LogP) is 5.40. The van der Waals surface area contributed by atoms with Crippen LogP contribution in [0, 0.1) is 16.7 Å². The number of carbonyl (C=O) groups excluding carboxylic acids is 1. The summed E-state index contributed by atoms with van der Waals surface area (Å²) >= 11 is 0. The van der Waals surface area contributed by atoms with Crippen LogP contribution < -0.4 is 14.8 Å². The molecule has 0 saturated carbocycles. The van der Waals surface area contributed by atoms with Gasteiger partial charge < -0.3 is 14.8 Å². The smallest absolute Gasteiger partial charge is 0.162 e. The van der Waals surface area contributed by atoms with Crippen molar-refractivity contribution in [1.29, 1.82) is 5.26 Å². The third kappa shape index (κ3) is 4.13. The molecule has 0 aromatic heterocycles. The number of allylic oxidation sites excluding steroid dienone is 4. The minimum Gasteiger partial charge on any atom is -0.493 e. The number of ketones is 1. The van der Waals surface area contributed by atoms with Gasteiger partial charge in [-0.15, -0.1) is 0 Å². The molecule has 2 aliphatic rings. The summed E-state index contributed by atoms with van der Waals surface area (Å²) in [5, 5.41) is 13.3. The summed E-state index contributed by atoms with van der Waals surface area (Å²) in [6.45, 7) is 6.53. The first-order valence-electron chi connectivity index (χ1n) is 10.8. The van der Waals surface area contributed by atoms with Crippen molar-refractivity contribution in [2.75, 3.05) is 7.11 Å². The molecule has 32 heavy (non-hydrogen) atoms. The van der Waals surface area contributed by atoms with Crippen molar-refractivity contribution in [2.45, 2.75) is 46.1 Å². The van der Waals surface area contributed by atoms with Crippen molar-refractivity contribution in [2.24, 2.45) is 5.41 Å². The van der Waals surface area contributed by atoms with Gasteiger partial charge in [-0.1, -0.05) is 50.2 Å². The summed E-state index contributed by atoms with van der Waals surface area (Å²) in [5.41, 5.74) is 4.80. The number of benzene rings is 2. The van der Waals surface area contributed by atoms with Gasteiger partial charge in [-0.05, 0) is 42.0 Å². The molecule has 0 unspecified atom stereocenters. The number of hydrogen-bond donors (Lipinski definition) is 1. The first-order valence-corrected chi connectivity index (χ1v) is 10.8. The Kier molecular flexibility index (Phi) is 5.80. The molecular weight excluding hydrogens is 400 g/mol. The van der Waals surface area contributed by atoms with Gasteiger partial charge in [0, 0.05) is 23.4 Å². The van der Waals surface area contributed by atoms with E-state index in [1.807, 2.05) is 55.5 Å². The van der Waals surface area contributed by atoms with E-state index in [2.05, 4.69) is 25.2 Å². The van der Waals surface area contributed by atoms with Crippen molar-refractivity contribution in [3.8, 4) is 17.6 Å². The minimum absolute atomic E-state index is 0.0948. The second kappa shape index (κ2) is 8.55. The van der Waals surface area contributed by atoms with Gasteiger partial charge in [-0.3, -0.25) is 4.79 Å². The highest BCUT2D eigenvalue weighted by atomic mass is 16.5. The summed E-state index contributed by atoms with van der Waals surface area (Å²) in [7, 11) is 1.60. The van der Waals surface area contributed by atoms with Crippen LogP contribution >= 0.6 is 0 Å². The number of ether oxygens (including phenoxy) is 2. The van der Waals surface area contributed by atoms with Gasteiger partial charge in [-0.2, -0.15) is 5.26 Å². The van der Waals surface area contributed by atoms with E-state index in [4.69, 9.17) is 9.47 Å². The molecule has 2 aromatic carbocycles. The molecule has 0 radical (unpaired) electrons. The van der Waals surface area contributed by atoms with Crippen molar-refractivity contribution >= 4 is 5.78 Å². The van der Waals surface area contributed by atoms with E-state index < -0.39 is 5.92 Å². The zero-order chi connectivity index (χ0) is 22.9. The second-order valence-electron chi connectivity index (χ2n) is 9.23. The largest absolute Gasteiger partial charge is 0.493 e. The number of hydrogen-bond acceptors (Lipinski definition) is 5. The molecule has 5 heteroatoms. The topological polar surface area (TPSA) is 71.3 Å². The molecule has 5 nitrogen and oxygen atoms in total. The average molecular weight is 429 g/mol. The predicted molar refractivity (Wildman–Crippen MR) is 123 cm³/mol. The van der Waals surface area contributed by atoms with Crippen LogP contribution in [-0.4, -0.2) is 12.9 Å². The van der Waals surface area contributed by atoms with E-state index in [9.17, 15) is 10.1 Å². The van der Waals surface area contributed by atoms with E-state index in [0.29, 0.717) is 35.7 Å². The highest BCUT2D eigenvalue weighted by molar-refractivity contribution is 6.00. The normalized spacial score (nSPS) is 19.7. The summed E-state index contributed by atoms with van der Waals surface area (Å²) in [4.78, 5) is 13.2. The SMILES string of the molecule is COc1cc([C@@H]2C(C#N)=C(C)NC3=C2C(=O)CC(C)(C)C3)ccc1OCc1ccccc1. The molecule has 1 aliphatic carbocycles. The fourth-order valence-corrected chi connectivity index (χ4v) is 4.64. The Morgan fingerprint density at radius 1 is 1.12 bits per heavy atom. The average Bonchev–Trinajstić information content (AvgIpc) is 2.76. The zero-order valence-electron chi connectivity index (χ0n) is 19.0. The molecule has 4 rings (SSSR count). The fraction of sp³-hybridized carbons (Fsp3) is 0.333. The Balaban J connectivity index is 1.71. The van der Waals surface area contributed by atoms with Crippen molar-refractivity contribution in [1.82, 2.24) is 5.32 Å². The Morgan fingerprint density at radius 2 is 1.88 bits per heavy atom. The lowest BCUT2D eigenvalue weighted by atomic mass is 9.69. The molecule has 0 amide bonds. The Labute approximate surface area is 189 Å². The van der Waals surface area contributed by atoms with Gasteiger partial charge in [0.25, 0.3) is 0 Å². The molecule has 0 saturated heterocycles. The number of nitrogens with zero attached hydrogens (tertiary/aromatic N) is 1. The summed E-state index contributed by atoms with van der Waals surface area (Å²) in [5.74, 6) is 0.894. The lowest BCUT2D eigenvalue weighted by Crippen LogP contribution is -2.36. The van der Waals surface area contributed by atoms with Crippen LogP contribution in [0.25, 0.3) is 0 Å². The van der Waals surface area contributed by atoms with Crippen molar-refractivity contribution in [3.05, 3.63) is 82.2 Å². The molecule has 2 aromatic rings.